The van der Waals surface area contributed by atoms with Gasteiger partial charge in [-0.25, -0.2) is 0 Å². The second-order valence-corrected chi connectivity index (χ2v) is 4.86. The second kappa shape index (κ2) is 7.45. The molecule has 0 aliphatic rings. The zero-order valence-electron chi connectivity index (χ0n) is 11.4. The predicted octanol–water partition coefficient (Wildman–Crippen LogP) is 3.71. The number of ether oxygens (including phenoxy) is 1. The molecular weight excluding hydrogens is 246 g/mol. The molecule has 0 spiro atoms. The molecule has 0 heterocycles. The van der Waals surface area contributed by atoms with Crippen LogP contribution >= 0.6 is 11.6 Å². The molecule has 0 aromatic heterocycles. The molecule has 3 heteroatoms. The molecule has 1 aromatic carbocycles. The van der Waals surface area contributed by atoms with Gasteiger partial charge < -0.3 is 10.5 Å². The van der Waals surface area contributed by atoms with Crippen molar-refractivity contribution >= 4 is 11.6 Å². The number of aryl methyl sites for hydroxylation is 2. The highest BCUT2D eigenvalue weighted by Crippen LogP contribution is 2.25. The van der Waals surface area contributed by atoms with Crippen LogP contribution in [0.3, 0.4) is 0 Å². The lowest BCUT2D eigenvalue weighted by molar-refractivity contribution is 0.357. The van der Waals surface area contributed by atoms with Gasteiger partial charge in [-0.3, -0.25) is 0 Å². The summed E-state index contributed by atoms with van der Waals surface area (Å²) in [6, 6.07) is 4.54. The van der Waals surface area contributed by atoms with Crippen LogP contribution < -0.4 is 10.5 Å². The Morgan fingerprint density at radius 2 is 1.94 bits per heavy atom. The third kappa shape index (κ3) is 4.35. The molecule has 1 unspecified atom stereocenters. The van der Waals surface area contributed by atoms with Crippen LogP contribution in [0, 0.1) is 13.8 Å². The van der Waals surface area contributed by atoms with Gasteiger partial charge in [0, 0.05) is 11.6 Å². The van der Waals surface area contributed by atoms with Crippen molar-refractivity contribution in [1.29, 1.82) is 0 Å². The highest BCUT2D eigenvalue weighted by molar-refractivity contribution is 6.25. The van der Waals surface area contributed by atoms with E-state index < -0.39 is 0 Å². The van der Waals surface area contributed by atoms with Gasteiger partial charge in [-0.05, 0) is 49.5 Å². The van der Waals surface area contributed by atoms with Crippen molar-refractivity contribution in [3.05, 3.63) is 40.4 Å². The van der Waals surface area contributed by atoms with E-state index in [-0.39, 0.29) is 6.04 Å². The fourth-order valence-electron chi connectivity index (χ4n) is 2.00. The Hall–Kier alpha value is -0.990. The van der Waals surface area contributed by atoms with E-state index >= 15 is 0 Å². The van der Waals surface area contributed by atoms with Gasteiger partial charge in [0.15, 0.2) is 0 Å². The normalized spacial score (nSPS) is 12.9. The van der Waals surface area contributed by atoms with Crippen molar-refractivity contribution in [2.75, 3.05) is 6.61 Å². The smallest absolute Gasteiger partial charge is 0.125 e. The lowest BCUT2D eigenvalue weighted by atomic mass is 9.99. The SMILES string of the molecule is CCC(N)Cc1cc(C)c(OC/C=C/Cl)c(C)c1. The molecule has 0 aliphatic carbocycles. The Labute approximate surface area is 115 Å². The van der Waals surface area contributed by atoms with Crippen LogP contribution in [0.5, 0.6) is 5.75 Å². The van der Waals surface area contributed by atoms with Gasteiger partial charge in [0.05, 0.1) is 0 Å². The maximum atomic E-state index is 5.99. The first-order chi connectivity index (χ1) is 8.58. The van der Waals surface area contributed by atoms with Crippen molar-refractivity contribution < 1.29 is 4.74 Å². The number of halogens is 1. The highest BCUT2D eigenvalue weighted by Gasteiger charge is 2.08. The number of hydrogen-bond donors (Lipinski definition) is 1. The summed E-state index contributed by atoms with van der Waals surface area (Å²) in [6.45, 7) is 6.74. The van der Waals surface area contributed by atoms with Crippen LogP contribution in [-0.2, 0) is 6.42 Å². The molecule has 18 heavy (non-hydrogen) atoms. The monoisotopic (exact) mass is 267 g/mol. The zero-order valence-corrected chi connectivity index (χ0v) is 12.1. The van der Waals surface area contributed by atoms with Crippen molar-refractivity contribution in [3.63, 3.8) is 0 Å². The predicted molar refractivity (Wildman–Crippen MR) is 78.4 cm³/mol. The Balaban J connectivity index is 2.83. The Morgan fingerprint density at radius 1 is 1.33 bits per heavy atom. The first kappa shape index (κ1) is 15.1. The Kier molecular flexibility index (Phi) is 6.23. The summed E-state index contributed by atoms with van der Waals surface area (Å²) >= 11 is 5.47. The molecule has 0 bridgehead atoms. The van der Waals surface area contributed by atoms with E-state index in [9.17, 15) is 0 Å². The summed E-state index contributed by atoms with van der Waals surface area (Å²) in [7, 11) is 0. The fourth-order valence-corrected chi connectivity index (χ4v) is 2.07. The van der Waals surface area contributed by atoms with Gasteiger partial charge in [-0.1, -0.05) is 30.7 Å². The topological polar surface area (TPSA) is 35.2 Å². The molecule has 0 saturated carbocycles. The molecule has 0 saturated heterocycles. The van der Waals surface area contributed by atoms with Crippen molar-refractivity contribution in [1.82, 2.24) is 0 Å². The van der Waals surface area contributed by atoms with Crippen molar-refractivity contribution in [2.45, 2.75) is 39.7 Å². The molecular formula is C15H22ClNO. The maximum absolute atomic E-state index is 5.99. The van der Waals surface area contributed by atoms with E-state index in [0.717, 1.165) is 29.7 Å². The molecule has 0 aliphatic heterocycles. The average Bonchev–Trinajstić information content (AvgIpc) is 2.32. The van der Waals surface area contributed by atoms with E-state index in [1.807, 2.05) is 0 Å². The van der Waals surface area contributed by atoms with Gasteiger partial charge in [-0.15, -0.1) is 0 Å². The fraction of sp³-hybridized carbons (Fsp3) is 0.467. The van der Waals surface area contributed by atoms with E-state index in [0.29, 0.717) is 6.61 Å². The molecule has 100 valence electrons. The minimum absolute atomic E-state index is 0.231. The maximum Gasteiger partial charge on any atom is 0.125 e. The third-order valence-electron chi connectivity index (χ3n) is 2.96. The molecule has 1 aromatic rings. The second-order valence-electron chi connectivity index (χ2n) is 4.60. The van der Waals surface area contributed by atoms with Crippen molar-refractivity contribution in [3.8, 4) is 5.75 Å². The lowest BCUT2D eigenvalue weighted by Crippen LogP contribution is -2.21. The molecule has 2 N–H and O–H groups in total. The number of hydrogen-bond acceptors (Lipinski definition) is 2. The van der Waals surface area contributed by atoms with Crippen LogP contribution in [0.4, 0.5) is 0 Å². The first-order valence-electron chi connectivity index (χ1n) is 6.32. The molecule has 1 atom stereocenters. The van der Waals surface area contributed by atoms with Gasteiger partial charge >= 0.3 is 0 Å². The van der Waals surface area contributed by atoms with Crippen LogP contribution in [-0.4, -0.2) is 12.6 Å². The van der Waals surface area contributed by atoms with E-state index in [4.69, 9.17) is 22.1 Å². The summed E-state index contributed by atoms with van der Waals surface area (Å²) in [5, 5.41) is 0. The molecule has 2 nitrogen and oxygen atoms in total. The third-order valence-corrected chi connectivity index (χ3v) is 3.13. The van der Waals surface area contributed by atoms with Gasteiger partial charge in [0.25, 0.3) is 0 Å². The summed E-state index contributed by atoms with van der Waals surface area (Å²) in [4.78, 5) is 0. The lowest BCUT2D eigenvalue weighted by Gasteiger charge is -2.15. The van der Waals surface area contributed by atoms with Gasteiger partial charge in [0.1, 0.15) is 12.4 Å². The first-order valence-corrected chi connectivity index (χ1v) is 6.75. The number of rotatable bonds is 6. The molecule has 0 fully saturated rings. The number of nitrogens with two attached hydrogens (primary N) is 1. The van der Waals surface area contributed by atoms with E-state index in [2.05, 4.69) is 32.9 Å². The molecule has 0 amide bonds. The Morgan fingerprint density at radius 3 is 2.44 bits per heavy atom. The Bertz CT molecular complexity index is 392. The van der Waals surface area contributed by atoms with Crippen LogP contribution in [0.25, 0.3) is 0 Å². The minimum atomic E-state index is 0.231. The summed E-state index contributed by atoms with van der Waals surface area (Å²) in [6.07, 6.45) is 3.69. The minimum Gasteiger partial charge on any atom is -0.489 e. The van der Waals surface area contributed by atoms with Crippen LogP contribution in [0.2, 0.25) is 0 Å². The summed E-state index contributed by atoms with van der Waals surface area (Å²) < 4.78 is 5.69. The molecule has 1 rings (SSSR count). The van der Waals surface area contributed by atoms with E-state index in [1.54, 1.807) is 6.08 Å². The van der Waals surface area contributed by atoms with Gasteiger partial charge in [-0.2, -0.15) is 0 Å². The summed E-state index contributed by atoms with van der Waals surface area (Å²) in [5.74, 6) is 0.943. The van der Waals surface area contributed by atoms with Crippen LogP contribution in [0.15, 0.2) is 23.7 Å². The quantitative estimate of drug-likeness (QED) is 0.853. The van der Waals surface area contributed by atoms with Crippen molar-refractivity contribution in [2.24, 2.45) is 5.73 Å². The highest BCUT2D eigenvalue weighted by atomic mass is 35.5. The largest absolute Gasteiger partial charge is 0.489 e. The van der Waals surface area contributed by atoms with Crippen LogP contribution in [0.1, 0.15) is 30.0 Å². The average molecular weight is 268 g/mol. The standard InChI is InChI=1S/C15H22ClNO/c1-4-14(17)10-13-8-11(2)15(12(3)9-13)18-7-5-6-16/h5-6,8-9,14H,4,7,10,17H2,1-3H3/b6-5+. The molecule has 0 radical (unpaired) electrons. The van der Waals surface area contributed by atoms with Gasteiger partial charge in [0.2, 0.25) is 0 Å². The number of benzene rings is 1. The summed E-state index contributed by atoms with van der Waals surface area (Å²) in [5.41, 5.74) is 11.0. The van der Waals surface area contributed by atoms with E-state index in [1.165, 1.54) is 11.1 Å². The zero-order chi connectivity index (χ0) is 13.5.